The van der Waals surface area contributed by atoms with E-state index >= 15 is 0 Å². The Kier molecular flexibility index (Phi) is 9.76. The molecule has 0 saturated carbocycles. The zero-order valence-electron chi connectivity index (χ0n) is 15.1. The number of carbonyl (C=O) groups is 1. The lowest BCUT2D eigenvalue weighted by Gasteiger charge is -2.30. The SMILES string of the molecule is CCCNC(=O)OCCOC1=CC(N(CCC)CCC)=CC(N)N1. The van der Waals surface area contributed by atoms with Crippen molar-refractivity contribution in [3.8, 4) is 0 Å². The van der Waals surface area contributed by atoms with Crippen LogP contribution in [0.1, 0.15) is 40.0 Å². The predicted octanol–water partition coefficient (Wildman–Crippen LogP) is 1.87. The molecule has 7 heteroatoms. The predicted molar refractivity (Wildman–Crippen MR) is 95.0 cm³/mol. The molecule has 0 aromatic heterocycles. The molecule has 0 radical (unpaired) electrons. The highest BCUT2D eigenvalue weighted by atomic mass is 16.6. The second-order valence-electron chi connectivity index (χ2n) is 5.67. The molecule has 1 rings (SSSR count). The van der Waals surface area contributed by atoms with Crippen LogP contribution in [0.3, 0.4) is 0 Å². The molecule has 0 bridgehead atoms. The summed E-state index contributed by atoms with van der Waals surface area (Å²) < 4.78 is 10.7. The molecule has 0 saturated heterocycles. The summed E-state index contributed by atoms with van der Waals surface area (Å²) in [5.74, 6) is 0.606. The highest BCUT2D eigenvalue weighted by Crippen LogP contribution is 2.15. The number of nitrogens with two attached hydrogens (primary N) is 1. The van der Waals surface area contributed by atoms with E-state index in [9.17, 15) is 4.79 Å². The van der Waals surface area contributed by atoms with Gasteiger partial charge in [0, 0.05) is 31.4 Å². The first-order chi connectivity index (χ1) is 11.6. The van der Waals surface area contributed by atoms with E-state index in [-0.39, 0.29) is 19.4 Å². The largest absolute Gasteiger partial charge is 0.475 e. The smallest absolute Gasteiger partial charge is 0.407 e. The van der Waals surface area contributed by atoms with Gasteiger partial charge in [0.1, 0.15) is 13.2 Å². The number of rotatable bonds is 11. The number of carbonyl (C=O) groups excluding carboxylic acids is 1. The molecule has 1 heterocycles. The van der Waals surface area contributed by atoms with Gasteiger partial charge in [0.25, 0.3) is 0 Å². The molecule has 0 aromatic carbocycles. The van der Waals surface area contributed by atoms with Gasteiger partial charge in [-0.15, -0.1) is 0 Å². The number of ether oxygens (including phenoxy) is 2. The van der Waals surface area contributed by atoms with Crippen LogP contribution in [-0.2, 0) is 9.47 Å². The lowest BCUT2D eigenvalue weighted by Crippen LogP contribution is -2.40. The fourth-order valence-electron chi connectivity index (χ4n) is 2.37. The average Bonchev–Trinajstić information content (AvgIpc) is 2.56. The second kappa shape index (κ2) is 11.6. The number of alkyl carbamates (subject to hydrolysis) is 1. The quantitative estimate of drug-likeness (QED) is 0.498. The Hall–Kier alpha value is -1.89. The minimum Gasteiger partial charge on any atom is -0.475 e. The molecule has 7 nitrogen and oxygen atoms in total. The summed E-state index contributed by atoms with van der Waals surface area (Å²) in [6.45, 7) is 9.35. The van der Waals surface area contributed by atoms with E-state index in [2.05, 4.69) is 29.4 Å². The first-order valence-electron chi connectivity index (χ1n) is 8.84. The molecule has 1 aliphatic rings. The van der Waals surface area contributed by atoms with E-state index in [1.807, 2.05) is 19.1 Å². The third kappa shape index (κ3) is 7.59. The second-order valence-corrected chi connectivity index (χ2v) is 5.67. The average molecular weight is 340 g/mol. The maximum atomic E-state index is 11.3. The number of dihydropyridines is 1. The summed E-state index contributed by atoms with van der Waals surface area (Å²) in [5.41, 5.74) is 7.09. The van der Waals surface area contributed by atoms with E-state index in [0.29, 0.717) is 12.4 Å². The van der Waals surface area contributed by atoms with E-state index in [0.717, 1.165) is 38.0 Å². The van der Waals surface area contributed by atoms with Crippen molar-refractivity contribution in [2.45, 2.75) is 46.2 Å². The summed E-state index contributed by atoms with van der Waals surface area (Å²) in [7, 11) is 0. The van der Waals surface area contributed by atoms with Gasteiger partial charge in [0.2, 0.25) is 0 Å². The zero-order valence-corrected chi connectivity index (χ0v) is 15.1. The molecule has 1 aliphatic heterocycles. The van der Waals surface area contributed by atoms with Crippen molar-refractivity contribution in [3.05, 3.63) is 23.7 Å². The number of hydrogen-bond donors (Lipinski definition) is 3. The Bertz CT molecular complexity index is 432. The number of allylic oxidation sites excluding steroid dienone is 1. The molecule has 0 fully saturated rings. The topological polar surface area (TPSA) is 88.9 Å². The summed E-state index contributed by atoms with van der Waals surface area (Å²) >= 11 is 0. The fraction of sp³-hybridized carbons (Fsp3) is 0.706. The maximum absolute atomic E-state index is 11.3. The monoisotopic (exact) mass is 340 g/mol. The first-order valence-corrected chi connectivity index (χ1v) is 8.84. The Morgan fingerprint density at radius 1 is 1.25 bits per heavy atom. The standard InChI is InChI=1S/C17H32N4O3/c1-4-7-19-17(22)24-11-10-23-16-13-14(12-15(18)20-16)21(8-5-2)9-6-3/h12-13,15,20H,4-11,18H2,1-3H3,(H,19,22). The lowest BCUT2D eigenvalue weighted by molar-refractivity contribution is 0.0957. The van der Waals surface area contributed by atoms with E-state index in [1.165, 1.54) is 0 Å². The van der Waals surface area contributed by atoms with Gasteiger partial charge in [-0.25, -0.2) is 4.79 Å². The Morgan fingerprint density at radius 2 is 1.96 bits per heavy atom. The third-order valence-corrected chi connectivity index (χ3v) is 3.38. The number of hydrogen-bond acceptors (Lipinski definition) is 6. The minimum absolute atomic E-state index is 0.191. The van der Waals surface area contributed by atoms with Crippen LogP contribution < -0.4 is 16.4 Å². The number of amides is 1. The van der Waals surface area contributed by atoms with Crippen molar-refractivity contribution >= 4 is 6.09 Å². The first kappa shape index (κ1) is 20.2. The summed E-state index contributed by atoms with van der Waals surface area (Å²) in [5, 5.41) is 5.71. The molecule has 1 unspecified atom stereocenters. The fourth-order valence-corrected chi connectivity index (χ4v) is 2.37. The lowest BCUT2D eigenvalue weighted by atomic mass is 10.2. The maximum Gasteiger partial charge on any atom is 0.407 e. The van der Waals surface area contributed by atoms with E-state index in [1.54, 1.807) is 0 Å². The van der Waals surface area contributed by atoms with Crippen molar-refractivity contribution in [2.24, 2.45) is 5.73 Å². The molecule has 0 aliphatic carbocycles. The third-order valence-electron chi connectivity index (χ3n) is 3.38. The van der Waals surface area contributed by atoms with Crippen molar-refractivity contribution < 1.29 is 14.3 Å². The van der Waals surface area contributed by atoms with Crippen molar-refractivity contribution in [1.29, 1.82) is 0 Å². The molecule has 4 N–H and O–H groups in total. The van der Waals surface area contributed by atoms with Gasteiger partial charge in [0.15, 0.2) is 5.88 Å². The van der Waals surface area contributed by atoms with Crippen molar-refractivity contribution in [3.63, 3.8) is 0 Å². The Morgan fingerprint density at radius 3 is 2.58 bits per heavy atom. The molecule has 1 atom stereocenters. The van der Waals surface area contributed by atoms with Gasteiger partial charge in [-0.2, -0.15) is 0 Å². The molecular formula is C17H32N4O3. The molecular weight excluding hydrogens is 308 g/mol. The highest BCUT2D eigenvalue weighted by molar-refractivity contribution is 5.66. The van der Waals surface area contributed by atoms with Crippen LogP contribution in [0.4, 0.5) is 4.79 Å². The van der Waals surface area contributed by atoms with Gasteiger partial charge in [-0.3, -0.25) is 0 Å². The summed E-state index contributed by atoms with van der Waals surface area (Å²) in [6, 6.07) is 0. The molecule has 0 aromatic rings. The normalized spacial score (nSPS) is 16.6. The molecule has 0 spiro atoms. The number of nitrogens with zero attached hydrogens (tertiary/aromatic N) is 1. The van der Waals surface area contributed by atoms with Crippen LogP contribution in [0, 0.1) is 0 Å². The minimum atomic E-state index is -0.416. The van der Waals surface area contributed by atoms with Crippen molar-refractivity contribution in [1.82, 2.24) is 15.5 Å². The van der Waals surface area contributed by atoms with E-state index in [4.69, 9.17) is 15.2 Å². The molecule has 138 valence electrons. The molecule has 1 amide bonds. The van der Waals surface area contributed by atoms with Crippen molar-refractivity contribution in [2.75, 3.05) is 32.8 Å². The van der Waals surface area contributed by atoms with E-state index < -0.39 is 6.09 Å². The summed E-state index contributed by atoms with van der Waals surface area (Å²) in [6.07, 6.45) is 6.26. The number of nitrogens with one attached hydrogen (secondary N) is 2. The van der Waals surface area contributed by atoms with Crippen LogP contribution in [0.2, 0.25) is 0 Å². The van der Waals surface area contributed by atoms with Gasteiger partial charge < -0.3 is 30.7 Å². The zero-order chi connectivity index (χ0) is 17.8. The van der Waals surface area contributed by atoms with Crippen LogP contribution in [0.5, 0.6) is 0 Å². The van der Waals surface area contributed by atoms with Gasteiger partial charge in [0.05, 0.1) is 6.17 Å². The van der Waals surface area contributed by atoms with Gasteiger partial charge in [-0.05, 0) is 25.3 Å². The Labute approximate surface area is 145 Å². The van der Waals surface area contributed by atoms with Gasteiger partial charge in [-0.1, -0.05) is 20.8 Å². The van der Waals surface area contributed by atoms with Crippen LogP contribution in [0.15, 0.2) is 23.7 Å². The van der Waals surface area contributed by atoms with Crippen LogP contribution in [-0.4, -0.2) is 50.0 Å². The molecule has 24 heavy (non-hydrogen) atoms. The van der Waals surface area contributed by atoms with Crippen LogP contribution >= 0.6 is 0 Å². The van der Waals surface area contributed by atoms with Gasteiger partial charge >= 0.3 is 6.09 Å². The Balaban J connectivity index is 2.46. The highest BCUT2D eigenvalue weighted by Gasteiger charge is 2.16. The van der Waals surface area contributed by atoms with Crippen LogP contribution in [0.25, 0.3) is 0 Å². The summed E-state index contributed by atoms with van der Waals surface area (Å²) in [4.78, 5) is 13.6.